The largest absolute Gasteiger partial charge is 0.326 e. The normalized spacial score (nSPS) is 12.5. The van der Waals surface area contributed by atoms with Crippen molar-refractivity contribution in [3.8, 4) is 0 Å². The summed E-state index contributed by atoms with van der Waals surface area (Å²) in [6.07, 6.45) is 3.96. The summed E-state index contributed by atoms with van der Waals surface area (Å²) >= 11 is 0. The molecule has 106 valence electrons. The Balaban J connectivity index is 2.80. The SMILES string of the molecule is CCCC(CCC)C(=O)Nc1ccccc1C(C)N. The molecule has 3 N–H and O–H groups in total. The van der Waals surface area contributed by atoms with E-state index in [1.165, 1.54) is 0 Å². The summed E-state index contributed by atoms with van der Waals surface area (Å²) in [5.74, 6) is 0.230. The molecule has 0 heterocycles. The number of nitrogens with one attached hydrogen (secondary N) is 1. The van der Waals surface area contributed by atoms with Gasteiger partial charge >= 0.3 is 0 Å². The van der Waals surface area contributed by atoms with E-state index in [4.69, 9.17) is 5.73 Å². The van der Waals surface area contributed by atoms with Gasteiger partial charge in [-0.05, 0) is 31.4 Å². The van der Waals surface area contributed by atoms with Crippen molar-refractivity contribution >= 4 is 11.6 Å². The maximum Gasteiger partial charge on any atom is 0.227 e. The molecule has 0 aliphatic carbocycles. The van der Waals surface area contributed by atoms with Crippen molar-refractivity contribution in [1.82, 2.24) is 0 Å². The zero-order valence-corrected chi connectivity index (χ0v) is 12.3. The Morgan fingerprint density at radius 3 is 2.32 bits per heavy atom. The highest BCUT2D eigenvalue weighted by Gasteiger charge is 2.18. The average Bonchev–Trinajstić information content (AvgIpc) is 2.38. The van der Waals surface area contributed by atoms with Crippen LogP contribution in [0.1, 0.15) is 58.1 Å². The summed E-state index contributed by atoms with van der Waals surface area (Å²) in [4.78, 5) is 12.3. The molecule has 0 radical (unpaired) electrons. The number of para-hydroxylation sites is 1. The fourth-order valence-electron chi connectivity index (χ4n) is 2.35. The van der Waals surface area contributed by atoms with Gasteiger partial charge in [0.2, 0.25) is 5.91 Å². The van der Waals surface area contributed by atoms with E-state index < -0.39 is 0 Å². The van der Waals surface area contributed by atoms with Gasteiger partial charge in [-0.15, -0.1) is 0 Å². The van der Waals surface area contributed by atoms with E-state index >= 15 is 0 Å². The van der Waals surface area contributed by atoms with E-state index in [0.29, 0.717) is 0 Å². The third-order valence-electron chi connectivity index (χ3n) is 3.35. The predicted molar refractivity (Wildman–Crippen MR) is 81.0 cm³/mol. The molecule has 0 spiro atoms. The predicted octanol–water partition coefficient (Wildman–Crippen LogP) is 3.86. The zero-order valence-electron chi connectivity index (χ0n) is 12.3. The first kappa shape index (κ1) is 15.7. The number of hydrogen-bond donors (Lipinski definition) is 2. The van der Waals surface area contributed by atoms with Crippen LogP contribution in [0.4, 0.5) is 5.69 Å². The maximum absolute atomic E-state index is 12.3. The van der Waals surface area contributed by atoms with E-state index in [1.807, 2.05) is 31.2 Å². The van der Waals surface area contributed by atoms with Crippen LogP contribution >= 0.6 is 0 Å². The fraction of sp³-hybridized carbons (Fsp3) is 0.562. The van der Waals surface area contributed by atoms with Crippen LogP contribution in [0.5, 0.6) is 0 Å². The first-order chi connectivity index (χ1) is 9.10. The Kier molecular flexibility index (Phi) is 6.57. The van der Waals surface area contributed by atoms with Crippen LogP contribution in [0.3, 0.4) is 0 Å². The van der Waals surface area contributed by atoms with Crippen molar-refractivity contribution in [3.05, 3.63) is 29.8 Å². The molecule has 1 rings (SSSR count). The van der Waals surface area contributed by atoms with E-state index in [1.54, 1.807) is 0 Å². The quantitative estimate of drug-likeness (QED) is 0.784. The fourth-order valence-corrected chi connectivity index (χ4v) is 2.35. The molecule has 3 heteroatoms. The second kappa shape index (κ2) is 7.95. The van der Waals surface area contributed by atoms with Crippen molar-refractivity contribution in [2.75, 3.05) is 5.32 Å². The molecule has 19 heavy (non-hydrogen) atoms. The zero-order chi connectivity index (χ0) is 14.3. The topological polar surface area (TPSA) is 55.1 Å². The van der Waals surface area contributed by atoms with Crippen LogP contribution < -0.4 is 11.1 Å². The molecule has 1 atom stereocenters. The first-order valence-corrected chi connectivity index (χ1v) is 7.25. The van der Waals surface area contributed by atoms with Crippen molar-refractivity contribution in [1.29, 1.82) is 0 Å². The van der Waals surface area contributed by atoms with E-state index in [-0.39, 0.29) is 17.9 Å². The molecule has 3 nitrogen and oxygen atoms in total. The van der Waals surface area contributed by atoms with E-state index in [2.05, 4.69) is 19.2 Å². The van der Waals surface area contributed by atoms with Gasteiger partial charge in [0.1, 0.15) is 0 Å². The minimum Gasteiger partial charge on any atom is -0.326 e. The second-order valence-corrected chi connectivity index (χ2v) is 5.14. The summed E-state index contributed by atoms with van der Waals surface area (Å²) < 4.78 is 0. The molecule has 0 aromatic heterocycles. The number of hydrogen-bond acceptors (Lipinski definition) is 2. The number of benzene rings is 1. The summed E-state index contributed by atoms with van der Waals surface area (Å²) in [6.45, 7) is 6.16. The van der Waals surface area contributed by atoms with Gasteiger partial charge in [0.05, 0.1) is 0 Å². The molecule has 0 aliphatic heterocycles. The number of nitrogens with two attached hydrogens (primary N) is 1. The Morgan fingerprint density at radius 2 is 1.79 bits per heavy atom. The number of anilines is 1. The highest BCUT2D eigenvalue weighted by molar-refractivity contribution is 5.93. The Morgan fingerprint density at radius 1 is 1.21 bits per heavy atom. The van der Waals surface area contributed by atoms with Crippen LogP contribution in [-0.2, 0) is 4.79 Å². The van der Waals surface area contributed by atoms with E-state index in [9.17, 15) is 4.79 Å². The molecule has 1 aromatic rings. The molecular formula is C16H26N2O. The molecule has 0 saturated carbocycles. The second-order valence-electron chi connectivity index (χ2n) is 5.14. The molecular weight excluding hydrogens is 236 g/mol. The van der Waals surface area contributed by atoms with Gasteiger partial charge in [0.25, 0.3) is 0 Å². The van der Waals surface area contributed by atoms with Crippen molar-refractivity contribution in [2.24, 2.45) is 11.7 Å². The lowest BCUT2D eigenvalue weighted by Crippen LogP contribution is -2.24. The lowest BCUT2D eigenvalue weighted by Gasteiger charge is -2.18. The number of amides is 1. The number of carbonyl (C=O) groups is 1. The molecule has 0 aliphatic rings. The third-order valence-corrected chi connectivity index (χ3v) is 3.35. The highest BCUT2D eigenvalue weighted by atomic mass is 16.1. The smallest absolute Gasteiger partial charge is 0.227 e. The van der Waals surface area contributed by atoms with Crippen LogP contribution in [0.15, 0.2) is 24.3 Å². The highest BCUT2D eigenvalue weighted by Crippen LogP contribution is 2.23. The molecule has 1 amide bonds. The van der Waals surface area contributed by atoms with Gasteiger partial charge in [-0.1, -0.05) is 44.9 Å². The minimum absolute atomic E-state index is 0.0766. The first-order valence-electron chi connectivity index (χ1n) is 7.25. The third kappa shape index (κ3) is 4.67. The lowest BCUT2D eigenvalue weighted by atomic mass is 9.97. The van der Waals surface area contributed by atoms with Gasteiger partial charge in [-0.3, -0.25) is 4.79 Å². The molecule has 1 unspecified atom stereocenters. The summed E-state index contributed by atoms with van der Waals surface area (Å²) in [5, 5.41) is 3.04. The van der Waals surface area contributed by atoms with Crippen LogP contribution in [0, 0.1) is 5.92 Å². The van der Waals surface area contributed by atoms with Gasteiger partial charge in [0.15, 0.2) is 0 Å². The van der Waals surface area contributed by atoms with Crippen LogP contribution in [0.25, 0.3) is 0 Å². The molecule has 0 saturated heterocycles. The Bertz CT molecular complexity index is 395. The molecule has 0 fully saturated rings. The number of carbonyl (C=O) groups excluding carboxylic acids is 1. The van der Waals surface area contributed by atoms with Gasteiger partial charge in [-0.25, -0.2) is 0 Å². The maximum atomic E-state index is 12.3. The van der Waals surface area contributed by atoms with Gasteiger partial charge in [-0.2, -0.15) is 0 Å². The summed E-state index contributed by atoms with van der Waals surface area (Å²) in [5.41, 5.74) is 7.77. The molecule has 0 bridgehead atoms. The minimum atomic E-state index is -0.0766. The lowest BCUT2D eigenvalue weighted by molar-refractivity contribution is -0.120. The summed E-state index contributed by atoms with van der Waals surface area (Å²) in [7, 11) is 0. The van der Waals surface area contributed by atoms with Crippen molar-refractivity contribution < 1.29 is 4.79 Å². The van der Waals surface area contributed by atoms with Crippen molar-refractivity contribution in [2.45, 2.75) is 52.5 Å². The van der Waals surface area contributed by atoms with Gasteiger partial charge in [0, 0.05) is 17.6 Å². The van der Waals surface area contributed by atoms with Crippen LogP contribution in [0.2, 0.25) is 0 Å². The van der Waals surface area contributed by atoms with E-state index in [0.717, 1.165) is 36.9 Å². The Labute approximate surface area is 116 Å². The number of rotatable bonds is 7. The van der Waals surface area contributed by atoms with Crippen LogP contribution in [-0.4, -0.2) is 5.91 Å². The van der Waals surface area contributed by atoms with Gasteiger partial charge < -0.3 is 11.1 Å². The van der Waals surface area contributed by atoms with Crippen molar-refractivity contribution in [3.63, 3.8) is 0 Å². The standard InChI is InChI=1S/C16H26N2O/c1-4-8-13(9-5-2)16(19)18-15-11-7-6-10-14(15)12(3)17/h6-7,10-13H,4-5,8-9,17H2,1-3H3,(H,18,19). The Hall–Kier alpha value is -1.35. The monoisotopic (exact) mass is 262 g/mol. The molecule has 1 aromatic carbocycles. The average molecular weight is 262 g/mol. The summed E-state index contributed by atoms with van der Waals surface area (Å²) in [6, 6.07) is 7.69.